The Bertz CT molecular complexity index is 586. The molecule has 114 valence electrons. The minimum absolute atomic E-state index is 0.201. The molecule has 0 bridgehead atoms. The van der Waals surface area contributed by atoms with Gasteiger partial charge in [-0.3, -0.25) is 5.84 Å². The molecule has 0 aliphatic heterocycles. The Balaban J connectivity index is 2.38. The standard InChI is InChI=1S/C15H19BrN2O3/c1-3-19-12-6-5-10(9-13(12)20-4-2)14(18-17)11-7-8-21-15(11)16/h5-9,14,18H,3-4,17H2,1-2H3. The van der Waals surface area contributed by atoms with Crippen LogP contribution in [0.4, 0.5) is 0 Å². The van der Waals surface area contributed by atoms with Crippen molar-refractivity contribution in [2.45, 2.75) is 19.9 Å². The number of hydrogen-bond acceptors (Lipinski definition) is 5. The van der Waals surface area contributed by atoms with Gasteiger partial charge in [-0.25, -0.2) is 5.43 Å². The van der Waals surface area contributed by atoms with E-state index in [2.05, 4.69) is 21.4 Å². The van der Waals surface area contributed by atoms with Crippen LogP contribution in [0.5, 0.6) is 11.5 Å². The first-order chi connectivity index (χ1) is 10.2. The van der Waals surface area contributed by atoms with Gasteiger partial charge in [0.1, 0.15) is 0 Å². The number of furan rings is 1. The number of ether oxygens (including phenoxy) is 2. The quantitative estimate of drug-likeness (QED) is 0.589. The van der Waals surface area contributed by atoms with Gasteiger partial charge in [0.2, 0.25) is 0 Å². The van der Waals surface area contributed by atoms with Gasteiger partial charge in [-0.15, -0.1) is 0 Å². The summed E-state index contributed by atoms with van der Waals surface area (Å²) in [6.07, 6.45) is 1.61. The average Bonchev–Trinajstić information content (AvgIpc) is 2.89. The van der Waals surface area contributed by atoms with Crippen molar-refractivity contribution in [3.05, 3.63) is 46.3 Å². The Hall–Kier alpha value is -1.50. The molecule has 0 aliphatic rings. The number of hydrogen-bond donors (Lipinski definition) is 2. The van der Waals surface area contributed by atoms with Gasteiger partial charge in [0.15, 0.2) is 16.2 Å². The summed E-state index contributed by atoms with van der Waals surface area (Å²) in [5, 5.41) is 0. The molecule has 1 unspecified atom stereocenters. The molecule has 2 rings (SSSR count). The highest BCUT2D eigenvalue weighted by atomic mass is 79.9. The van der Waals surface area contributed by atoms with Crippen LogP contribution in [-0.4, -0.2) is 13.2 Å². The molecule has 5 nitrogen and oxygen atoms in total. The molecular formula is C15H19BrN2O3. The summed E-state index contributed by atoms with van der Waals surface area (Å²) in [7, 11) is 0. The topological polar surface area (TPSA) is 69.7 Å². The Morgan fingerprint density at radius 3 is 2.48 bits per heavy atom. The van der Waals surface area contributed by atoms with Gasteiger partial charge in [0.25, 0.3) is 0 Å². The maximum absolute atomic E-state index is 5.70. The largest absolute Gasteiger partial charge is 0.490 e. The van der Waals surface area contributed by atoms with E-state index in [0.717, 1.165) is 16.9 Å². The SMILES string of the molecule is CCOc1ccc(C(NN)c2ccoc2Br)cc1OCC. The molecule has 0 radical (unpaired) electrons. The van der Waals surface area contributed by atoms with Crippen LogP contribution in [0.2, 0.25) is 0 Å². The third kappa shape index (κ3) is 3.58. The highest BCUT2D eigenvalue weighted by Gasteiger charge is 2.19. The molecule has 1 atom stereocenters. The fraction of sp³-hybridized carbons (Fsp3) is 0.333. The first-order valence-corrected chi connectivity index (χ1v) is 7.59. The van der Waals surface area contributed by atoms with Crippen molar-refractivity contribution in [2.75, 3.05) is 13.2 Å². The smallest absolute Gasteiger partial charge is 0.174 e. The molecule has 21 heavy (non-hydrogen) atoms. The first-order valence-electron chi connectivity index (χ1n) is 6.79. The Labute approximate surface area is 132 Å². The van der Waals surface area contributed by atoms with Crippen LogP contribution in [0.3, 0.4) is 0 Å². The molecule has 0 saturated heterocycles. The van der Waals surface area contributed by atoms with Gasteiger partial charge in [-0.1, -0.05) is 6.07 Å². The molecule has 2 aromatic rings. The Kier molecular flexibility index (Phi) is 5.67. The van der Waals surface area contributed by atoms with E-state index in [1.54, 1.807) is 6.26 Å². The van der Waals surface area contributed by atoms with E-state index in [1.165, 1.54) is 0 Å². The maximum atomic E-state index is 5.70. The van der Waals surface area contributed by atoms with E-state index in [4.69, 9.17) is 19.7 Å². The summed E-state index contributed by atoms with van der Waals surface area (Å²) in [6, 6.07) is 7.44. The molecular weight excluding hydrogens is 336 g/mol. The van der Waals surface area contributed by atoms with Crippen molar-refractivity contribution in [1.82, 2.24) is 5.43 Å². The molecule has 0 fully saturated rings. The van der Waals surface area contributed by atoms with Crippen molar-refractivity contribution in [3.63, 3.8) is 0 Å². The fourth-order valence-corrected chi connectivity index (χ4v) is 2.59. The number of benzene rings is 1. The third-order valence-electron chi connectivity index (χ3n) is 3.02. The zero-order valence-electron chi connectivity index (χ0n) is 12.1. The van der Waals surface area contributed by atoms with E-state index in [1.807, 2.05) is 38.1 Å². The van der Waals surface area contributed by atoms with Crippen molar-refractivity contribution < 1.29 is 13.9 Å². The normalized spacial score (nSPS) is 12.2. The summed E-state index contributed by atoms with van der Waals surface area (Å²) in [6.45, 7) is 5.04. The van der Waals surface area contributed by atoms with Gasteiger partial charge in [-0.2, -0.15) is 0 Å². The molecule has 0 amide bonds. The number of hydrazine groups is 1. The van der Waals surface area contributed by atoms with E-state index in [9.17, 15) is 0 Å². The van der Waals surface area contributed by atoms with Crippen LogP contribution in [0.15, 0.2) is 39.6 Å². The zero-order chi connectivity index (χ0) is 15.2. The van der Waals surface area contributed by atoms with Crippen LogP contribution in [-0.2, 0) is 0 Å². The van der Waals surface area contributed by atoms with E-state index in [-0.39, 0.29) is 6.04 Å². The van der Waals surface area contributed by atoms with Crippen LogP contribution in [0.25, 0.3) is 0 Å². The van der Waals surface area contributed by atoms with Crippen LogP contribution < -0.4 is 20.7 Å². The van der Waals surface area contributed by atoms with Gasteiger partial charge < -0.3 is 13.9 Å². The minimum Gasteiger partial charge on any atom is -0.490 e. The van der Waals surface area contributed by atoms with Gasteiger partial charge in [0, 0.05) is 5.56 Å². The van der Waals surface area contributed by atoms with Crippen LogP contribution in [0, 0.1) is 0 Å². The average molecular weight is 355 g/mol. The maximum Gasteiger partial charge on any atom is 0.174 e. The number of nitrogens with one attached hydrogen (secondary N) is 1. The lowest BCUT2D eigenvalue weighted by atomic mass is 10.0. The number of nitrogens with two attached hydrogens (primary N) is 1. The van der Waals surface area contributed by atoms with Crippen molar-refractivity contribution in [3.8, 4) is 11.5 Å². The highest BCUT2D eigenvalue weighted by molar-refractivity contribution is 9.10. The highest BCUT2D eigenvalue weighted by Crippen LogP contribution is 2.34. The second-order valence-electron chi connectivity index (χ2n) is 4.32. The second kappa shape index (κ2) is 7.49. The van der Waals surface area contributed by atoms with Crippen LogP contribution >= 0.6 is 15.9 Å². The predicted octanol–water partition coefficient (Wildman–Crippen LogP) is 3.39. The van der Waals surface area contributed by atoms with Gasteiger partial charge >= 0.3 is 0 Å². The lowest BCUT2D eigenvalue weighted by Crippen LogP contribution is -2.28. The fourth-order valence-electron chi connectivity index (χ4n) is 2.12. The summed E-state index contributed by atoms with van der Waals surface area (Å²) in [5.74, 6) is 7.13. The second-order valence-corrected chi connectivity index (χ2v) is 5.04. The molecule has 1 aromatic carbocycles. The van der Waals surface area contributed by atoms with Gasteiger partial charge in [-0.05, 0) is 53.5 Å². The number of rotatable bonds is 7. The third-order valence-corrected chi connectivity index (χ3v) is 3.67. The molecule has 3 N–H and O–H groups in total. The predicted molar refractivity (Wildman–Crippen MR) is 84.4 cm³/mol. The van der Waals surface area contributed by atoms with Gasteiger partial charge in [0.05, 0.1) is 25.5 Å². The molecule has 0 aliphatic carbocycles. The Morgan fingerprint density at radius 2 is 1.90 bits per heavy atom. The summed E-state index contributed by atoms with van der Waals surface area (Å²) in [5.41, 5.74) is 4.68. The van der Waals surface area contributed by atoms with Crippen LogP contribution in [0.1, 0.15) is 31.0 Å². The number of halogens is 1. The Morgan fingerprint density at radius 1 is 1.19 bits per heavy atom. The molecule has 6 heteroatoms. The zero-order valence-corrected chi connectivity index (χ0v) is 13.6. The van der Waals surface area contributed by atoms with E-state index >= 15 is 0 Å². The summed E-state index contributed by atoms with van der Waals surface area (Å²) < 4.78 is 17.1. The van der Waals surface area contributed by atoms with Crippen molar-refractivity contribution in [2.24, 2.45) is 5.84 Å². The van der Waals surface area contributed by atoms with Crippen molar-refractivity contribution >= 4 is 15.9 Å². The lowest BCUT2D eigenvalue weighted by Gasteiger charge is -2.18. The van der Waals surface area contributed by atoms with E-state index < -0.39 is 0 Å². The minimum atomic E-state index is -0.201. The molecule has 1 heterocycles. The van der Waals surface area contributed by atoms with E-state index in [0.29, 0.717) is 23.6 Å². The molecule has 0 spiro atoms. The summed E-state index contributed by atoms with van der Waals surface area (Å²) in [4.78, 5) is 0. The van der Waals surface area contributed by atoms with Crippen molar-refractivity contribution in [1.29, 1.82) is 0 Å². The first kappa shape index (κ1) is 15.9. The lowest BCUT2D eigenvalue weighted by molar-refractivity contribution is 0.287. The molecule has 0 saturated carbocycles. The molecule has 1 aromatic heterocycles. The summed E-state index contributed by atoms with van der Waals surface area (Å²) >= 11 is 3.38. The monoisotopic (exact) mass is 354 g/mol.